The maximum Gasteiger partial charge on any atom is 0.274 e. The van der Waals surface area contributed by atoms with Gasteiger partial charge in [-0.25, -0.2) is 18.1 Å². The highest BCUT2D eigenvalue weighted by atomic mass is 32.2. The number of carbonyl (C=O) groups excluding carboxylic acids is 1. The summed E-state index contributed by atoms with van der Waals surface area (Å²) in [5, 5.41) is 1.55. The van der Waals surface area contributed by atoms with Crippen LogP contribution in [0.5, 0.6) is 0 Å². The lowest BCUT2D eigenvalue weighted by Crippen LogP contribution is -2.34. The van der Waals surface area contributed by atoms with Gasteiger partial charge in [-0.1, -0.05) is 36.0 Å². The molecule has 5 rings (SSSR count). The smallest absolute Gasteiger partial charge is 0.274 e. The van der Waals surface area contributed by atoms with Crippen molar-refractivity contribution in [3.05, 3.63) is 87.8 Å². The molecule has 11 heteroatoms. The molecule has 2 heterocycles. The first-order chi connectivity index (χ1) is 20.1. The number of likely N-dealkylation sites (N-methyl/N-ethyl adjacent to an activating group) is 1. The van der Waals surface area contributed by atoms with Crippen LogP contribution in [-0.4, -0.2) is 51.9 Å². The number of aryl methyl sites for hydroxylation is 2. The normalized spacial score (nSPS) is 17.8. The van der Waals surface area contributed by atoms with Crippen LogP contribution in [0.1, 0.15) is 25.0 Å². The van der Waals surface area contributed by atoms with Crippen LogP contribution < -0.4 is 19.4 Å². The summed E-state index contributed by atoms with van der Waals surface area (Å²) in [7, 11) is -3.24. The van der Waals surface area contributed by atoms with E-state index in [2.05, 4.69) is 39.6 Å². The van der Waals surface area contributed by atoms with Crippen LogP contribution in [0.2, 0.25) is 0 Å². The molecule has 0 atom stereocenters. The number of nitrogens with one attached hydrogen (secondary N) is 1. The molecule has 2 aliphatic rings. The van der Waals surface area contributed by atoms with Gasteiger partial charge in [0.05, 0.1) is 23.3 Å². The van der Waals surface area contributed by atoms with Gasteiger partial charge in [0.2, 0.25) is 10.0 Å². The van der Waals surface area contributed by atoms with Crippen molar-refractivity contribution < 1.29 is 13.2 Å². The molecule has 0 aliphatic carbocycles. The molecule has 220 valence electrons. The minimum atomic E-state index is -3.24. The van der Waals surface area contributed by atoms with Crippen LogP contribution in [0.4, 0.5) is 22.7 Å². The summed E-state index contributed by atoms with van der Waals surface area (Å²) in [6, 6.07) is 22.2. The molecule has 42 heavy (non-hydrogen) atoms. The number of carbonyl (C=O) groups is 1. The van der Waals surface area contributed by atoms with E-state index >= 15 is 0 Å². The number of hydrogen-bond donors (Lipinski definition) is 1. The van der Waals surface area contributed by atoms with Crippen LogP contribution in [0.25, 0.3) is 0 Å². The summed E-state index contributed by atoms with van der Waals surface area (Å²) in [5.41, 5.74) is 5.70. The van der Waals surface area contributed by atoms with E-state index in [1.54, 1.807) is 16.7 Å². The molecule has 3 aromatic carbocycles. The lowest BCUT2D eigenvalue weighted by Gasteiger charge is -2.24. The van der Waals surface area contributed by atoms with Crippen LogP contribution in [0, 0.1) is 13.8 Å². The third-order valence-corrected chi connectivity index (χ3v) is 10.1. The summed E-state index contributed by atoms with van der Waals surface area (Å²) in [5.74, 6) is -0.0806. The molecule has 0 saturated carbocycles. The number of benzene rings is 3. The molecule has 1 fully saturated rings. The van der Waals surface area contributed by atoms with E-state index in [1.807, 2.05) is 69.3 Å². The number of para-hydroxylation sites is 1. The Morgan fingerprint density at radius 3 is 2.45 bits per heavy atom. The molecule has 1 amide bonds. The van der Waals surface area contributed by atoms with Crippen LogP contribution in [0.15, 0.2) is 86.6 Å². The van der Waals surface area contributed by atoms with Gasteiger partial charge < -0.3 is 9.80 Å². The summed E-state index contributed by atoms with van der Waals surface area (Å²) >= 11 is 3.05. The third-order valence-electron chi connectivity index (χ3n) is 7.05. The predicted octanol–water partition coefficient (Wildman–Crippen LogP) is 6.25. The lowest BCUT2D eigenvalue weighted by atomic mass is 10.1. The van der Waals surface area contributed by atoms with Crippen molar-refractivity contribution in [1.29, 1.82) is 0 Å². The van der Waals surface area contributed by atoms with Crippen molar-refractivity contribution >= 4 is 67.4 Å². The van der Waals surface area contributed by atoms with E-state index in [-0.39, 0.29) is 5.91 Å². The van der Waals surface area contributed by atoms with Crippen LogP contribution in [0.3, 0.4) is 0 Å². The van der Waals surface area contributed by atoms with E-state index in [0.717, 1.165) is 56.9 Å². The number of sulfonamides is 1. The van der Waals surface area contributed by atoms with E-state index < -0.39 is 10.0 Å². The van der Waals surface area contributed by atoms with Gasteiger partial charge in [-0.3, -0.25) is 9.69 Å². The van der Waals surface area contributed by atoms with Crippen molar-refractivity contribution in [2.24, 2.45) is 4.99 Å². The Hall–Kier alpha value is -3.25. The molecule has 0 radical (unpaired) electrons. The maximum absolute atomic E-state index is 14.1. The van der Waals surface area contributed by atoms with Gasteiger partial charge in [0, 0.05) is 36.8 Å². The van der Waals surface area contributed by atoms with Crippen LogP contribution in [-0.2, 0) is 14.8 Å². The standard InChI is InChI=1S/C31H35N5O3S3/c1-6-34(18-17-32-42(5,38)39)23-15-16-25(22(4)20-23)33-31-36(24-12-10-11-21(3)19-24)29(37)28(41-31)30-35(7-2)26-13-8-9-14-27(26)40-30/h8-16,19-20,32H,6-7,17-18H2,1-5H3. The number of amides is 1. The zero-order chi connectivity index (χ0) is 30.0. The second-order valence-electron chi connectivity index (χ2n) is 10.1. The highest BCUT2D eigenvalue weighted by molar-refractivity contribution is 8.20. The predicted molar refractivity (Wildman–Crippen MR) is 178 cm³/mol. The minimum absolute atomic E-state index is 0.0806. The van der Waals surface area contributed by atoms with Crippen molar-refractivity contribution in [2.75, 3.05) is 47.1 Å². The molecule has 3 aromatic rings. The molecule has 0 aromatic heterocycles. The fourth-order valence-electron chi connectivity index (χ4n) is 4.99. The molecule has 0 bridgehead atoms. The molecule has 2 aliphatic heterocycles. The second-order valence-corrected chi connectivity index (χ2v) is 14.0. The molecule has 0 unspecified atom stereocenters. The largest absolute Gasteiger partial charge is 0.370 e. The first-order valence-corrected chi connectivity index (χ1v) is 17.4. The first kappa shape index (κ1) is 30.2. The Morgan fingerprint density at radius 1 is 0.976 bits per heavy atom. The maximum atomic E-state index is 14.1. The molecular formula is C31H35N5O3S3. The third kappa shape index (κ3) is 6.39. The van der Waals surface area contributed by atoms with Crippen molar-refractivity contribution in [2.45, 2.75) is 32.6 Å². The minimum Gasteiger partial charge on any atom is -0.370 e. The Kier molecular flexibility index (Phi) is 9.03. The lowest BCUT2D eigenvalue weighted by molar-refractivity contribution is -0.113. The highest BCUT2D eigenvalue weighted by Gasteiger charge is 2.40. The second kappa shape index (κ2) is 12.5. The molecular weight excluding hydrogens is 587 g/mol. The number of rotatable bonds is 9. The van der Waals surface area contributed by atoms with Gasteiger partial charge in [0.1, 0.15) is 9.93 Å². The van der Waals surface area contributed by atoms with Gasteiger partial charge in [-0.05, 0) is 93.0 Å². The molecule has 1 N–H and O–H groups in total. The Morgan fingerprint density at radius 2 is 1.76 bits per heavy atom. The van der Waals surface area contributed by atoms with Crippen molar-refractivity contribution in [3.8, 4) is 0 Å². The number of fused-ring (bicyclic) bond motifs is 1. The number of amidine groups is 1. The molecule has 1 saturated heterocycles. The first-order valence-electron chi connectivity index (χ1n) is 13.9. The summed E-state index contributed by atoms with van der Waals surface area (Å²) in [6.07, 6.45) is 1.17. The number of hydrogen-bond acceptors (Lipinski definition) is 8. The van der Waals surface area contributed by atoms with E-state index in [9.17, 15) is 13.2 Å². The van der Waals surface area contributed by atoms with E-state index in [4.69, 9.17) is 4.99 Å². The Bertz CT molecular complexity index is 1690. The summed E-state index contributed by atoms with van der Waals surface area (Å²) in [6.45, 7) is 10.5. The number of aliphatic imine (C=N–C) groups is 1. The van der Waals surface area contributed by atoms with Gasteiger partial charge in [0.15, 0.2) is 5.17 Å². The average molecular weight is 622 g/mol. The summed E-state index contributed by atoms with van der Waals surface area (Å²) in [4.78, 5) is 27.0. The number of thioether (sulfide) groups is 2. The quantitative estimate of drug-likeness (QED) is 0.283. The number of nitrogens with zero attached hydrogens (tertiary/aromatic N) is 4. The zero-order valence-electron chi connectivity index (χ0n) is 24.4. The van der Waals surface area contributed by atoms with Crippen molar-refractivity contribution in [3.63, 3.8) is 0 Å². The monoisotopic (exact) mass is 621 g/mol. The fraction of sp³-hybridized carbons (Fsp3) is 0.290. The van der Waals surface area contributed by atoms with Gasteiger partial charge in [-0.15, -0.1) is 0 Å². The number of anilines is 3. The zero-order valence-corrected chi connectivity index (χ0v) is 26.9. The molecule has 0 spiro atoms. The Labute approximate surface area is 256 Å². The topological polar surface area (TPSA) is 85.3 Å². The van der Waals surface area contributed by atoms with E-state index in [0.29, 0.717) is 23.2 Å². The Balaban J connectivity index is 1.51. The van der Waals surface area contributed by atoms with E-state index in [1.165, 1.54) is 18.0 Å². The fourth-order valence-corrected chi connectivity index (χ4v) is 7.84. The highest BCUT2D eigenvalue weighted by Crippen LogP contribution is 2.51. The summed E-state index contributed by atoms with van der Waals surface area (Å²) < 4.78 is 25.5. The van der Waals surface area contributed by atoms with Gasteiger partial charge >= 0.3 is 0 Å². The average Bonchev–Trinajstić information content (AvgIpc) is 3.48. The van der Waals surface area contributed by atoms with Gasteiger partial charge in [-0.2, -0.15) is 0 Å². The molecule has 8 nitrogen and oxygen atoms in total. The van der Waals surface area contributed by atoms with Crippen LogP contribution >= 0.6 is 23.5 Å². The SMILES string of the molecule is CCN(CCNS(C)(=O)=O)c1ccc(N=C2SC(=C3Sc4ccccc4N3CC)C(=O)N2c2cccc(C)c2)c(C)c1. The van der Waals surface area contributed by atoms with Gasteiger partial charge in [0.25, 0.3) is 5.91 Å². The van der Waals surface area contributed by atoms with Crippen molar-refractivity contribution in [1.82, 2.24) is 4.72 Å².